The lowest BCUT2D eigenvalue weighted by molar-refractivity contribution is -0.112. The number of aliphatic hydroxyl groups excluding tert-OH is 1. The predicted molar refractivity (Wildman–Crippen MR) is 74.0 cm³/mol. The first-order valence-corrected chi connectivity index (χ1v) is 6.21. The molecule has 0 fully saturated rings. The average Bonchev–Trinajstić information content (AvgIpc) is 2.69. The summed E-state index contributed by atoms with van der Waals surface area (Å²) in [5.41, 5.74) is 2.59. The first-order chi connectivity index (χ1) is 8.90. The van der Waals surface area contributed by atoms with Gasteiger partial charge in [-0.25, -0.2) is 4.98 Å². The van der Waals surface area contributed by atoms with Gasteiger partial charge < -0.3 is 9.52 Å². The van der Waals surface area contributed by atoms with E-state index in [-0.39, 0.29) is 23.0 Å². The fraction of sp³-hybridized carbons (Fsp3) is 0.333. The summed E-state index contributed by atoms with van der Waals surface area (Å²) in [6.07, 6.45) is 0. The van der Waals surface area contributed by atoms with Gasteiger partial charge in [0.05, 0.1) is 0 Å². The summed E-state index contributed by atoms with van der Waals surface area (Å²) < 4.78 is 5.54. The van der Waals surface area contributed by atoms with Crippen LogP contribution in [-0.2, 0) is 4.79 Å². The molecule has 1 aromatic carbocycles. The number of aliphatic hydroxyl groups is 1. The highest BCUT2D eigenvalue weighted by atomic mass is 16.4. The smallest absolute Gasteiger partial charge is 0.234 e. The molecule has 0 aliphatic heterocycles. The first-order valence-electron chi connectivity index (χ1n) is 6.21. The summed E-state index contributed by atoms with van der Waals surface area (Å²) in [5.74, 6) is 0.217. The van der Waals surface area contributed by atoms with Gasteiger partial charge in [-0.1, -0.05) is 19.9 Å². The topological polar surface area (TPSA) is 63.3 Å². The number of nitrogens with zero attached hydrogens (tertiary/aromatic N) is 1. The number of carbonyl (C=O) groups excluding carboxylic acids is 1. The van der Waals surface area contributed by atoms with Gasteiger partial charge in [-0.3, -0.25) is 4.79 Å². The SMILES string of the molecule is CC(=O)C(=C(C)O)c1nc2cc(C(C)C)ccc2o1. The molecule has 1 aromatic heterocycles. The van der Waals surface area contributed by atoms with E-state index in [1.165, 1.54) is 13.8 Å². The zero-order valence-corrected chi connectivity index (χ0v) is 11.5. The second-order valence-electron chi connectivity index (χ2n) is 4.92. The molecule has 0 amide bonds. The van der Waals surface area contributed by atoms with Gasteiger partial charge in [-0.15, -0.1) is 0 Å². The van der Waals surface area contributed by atoms with E-state index in [1.807, 2.05) is 18.2 Å². The van der Waals surface area contributed by atoms with Crippen molar-refractivity contribution in [3.8, 4) is 0 Å². The van der Waals surface area contributed by atoms with Crippen LogP contribution in [-0.4, -0.2) is 15.9 Å². The Balaban J connectivity index is 2.59. The van der Waals surface area contributed by atoms with E-state index in [1.54, 1.807) is 0 Å². The molecule has 19 heavy (non-hydrogen) atoms. The van der Waals surface area contributed by atoms with Crippen LogP contribution in [0.1, 0.15) is 45.1 Å². The molecule has 4 nitrogen and oxygen atoms in total. The van der Waals surface area contributed by atoms with Gasteiger partial charge in [0.25, 0.3) is 0 Å². The number of oxazole rings is 1. The molecule has 0 saturated carbocycles. The van der Waals surface area contributed by atoms with E-state index in [2.05, 4.69) is 18.8 Å². The van der Waals surface area contributed by atoms with Crippen molar-refractivity contribution in [1.82, 2.24) is 4.98 Å². The lowest BCUT2D eigenvalue weighted by atomic mass is 10.0. The maximum atomic E-state index is 11.5. The number of fused-ring (bicyclic) bond motifs is 1. The fourth-order valence-corrected chi connectivity index (χ4v) is 1.97. The first kappa shape index (κ1) is 13.3. The van der Waals surface area contributed by atoms with Crippen LogP contribution in [0, 0.1) is 0 Å². The van der Waals surface area contributed by atoms with Crippen molar-refractivity contribution in [2.24, 2.45) is 0 Å². The number of ketones is 1. The highest BCUT2D eigenvalue weighted by Gasteiger charge is 2.18. The van der Waals surface area contributed by atoms with Crippen molar-refractivity contribution >= 4 is 22.5 Å². The number of allylic oxidation sites excluding steroid dienone is 2. The van der Waals surface area contributed by atoms with Crippen molar-refractivity contribution in [3.05, 3.63) is 35.4 Å². The second kappa shape index (κ2) is 4.88. The van der Waals surface area contributed by atoms with Crippen LogP contribution in [0.3, 0.4) is 0 Å². The molecule has 0 saturated heterocycles. The predicted octanol–water partition coefficient (Wildman–Crippen LogP) is 3.83. The second-order valence-corrected chi connectivity index (χ2v) is 4.92. The maximum Gasteiger partial charge on any atom is 0.234 e. The summed E-state index contributed by atoms with van der Waals surface area (Å²) in [6.45, 7) is 7.02. The Morgan fingerprint density at radius 1 is 1.32 bits per heavy atom. The molecule has 0 atom stereocenters. The highest BCUT2D eigenvalue weighted by Crippen LogP contribution is 2.26. The number of rotatable bonds is 3. The van der Waals surface area contributed by atoms with E-state index in [0.717, 1.165) is 5.56 Å². The van der Waals surface area contributed by atoms with Crippen LogP contribution >= 0.6 is 0 Å². The third-order valence-electron chi connectivity index (χ3n) is 3.01. The minimum absolute atomic E-state index is 0.0804. The molecule has 0 bridgehead atoms. The number of aromatic nitrogens is 1. The van der Waals surface area contributed by atoms with Crippen LogP contribution in [0.25, 0.3) is 16.7 Å². The molecular formula is C15H17NO3. The van der Waals surface area contributed by atoms with E-state index >= 15 is 0 Å². The number of benzene rings is 1. The Hall–Kier alpha value is -2.10. The summed E-state index contributed by atoms with van der Waals surface area (Å²) in [7, 11) is 0. The molecule has 2 aromatic rings. The minimum Gasteiger partial charge on any atom is -0.512 e. The summed E-state index contributed by atoms with van der Waals surface area (Å²) in [5, 5.41) is 9.56. The zero-order chi connectivity index (χ0) is 14.2. The highest BCUT2D eigenvalue weighted by molar-refractivity contribution is 6.18. The summed E-state index contributed by atoms with van der Waals surface area (Å²) in [4.78, 5) is 15.8. The van der Waals surface area contributed by atoms with E-state index in [9.17, 15) is 9.90 Å². The standard InChI is InChI=1S/C15H17NO3/c1-8(2)11-5-6-13-12(7-11)16-15(19-13)14(9(3)17)10(4)18/h5-8,17H,1-4H3. The Morgan fingerprint density at radius 3 is 2.53 bits per heavy atom. The molecule has 0 unspecified atom stereocenters. The van der Waals surface area contributed by atoms with Gasteiger partial charge in [0.2, 0.25) is 5.89 Å². The van der Waals surface area contributed by atoms with E-state index in [0.29, 0.717) is 17.0 Å². The third-order valence-corrected chi connectivity index (χ3v) is 3.01. The van der Waals surface area contributed by atoms with E-state index in [4.69, 9.17) is 4.42 Å². The van der Waals surface area contributed by atoms with Gasteiger partial charge in [0.15, 0.2) is 11.4 Å². The van der Waals surface area contributed by atoms with Crippen molar-refractivity contribution in [2.45, 2.75) is 33.6 Å². The van der Waals surface area contributed by atoms with Crippen molar-refractivity contribution in [1.29, 1.82) is 0 Å². The Labute approximate surface area is 111 Å². The normalized spacial score (nSPS) is 12.9. The molecular weight excluding hydrogens is 242 g/mol. The fourth-order valence-electron chi connectivity index (χ4n) is 1.97. The van der Waals surface area contributed by atoms with Crippen molar-refractivity contribution < 1.29 is 14.3 Å². The van der Waals surface area contributed by atoms with Gasteiger partial charge in [-0.2, -0.15) is 0 Å². The molecule has 0 aliphatic carbocycles. The van der Waals surface area contributed by atoms with Crippen LogP contribution in [0.2, 0.25) is 0 Å². The zero-order valence-electron chi connectivity index (χ0n) is 11.5. The average molecular weight is 259 g/mol. The Bertz CT molecular complexity index is 661. The molecule has 100 valence electrons. The van der Waals surface area contributed by atoms with Gasteiger partial charge in [0.1, 0.15) is 16.8 Å². The largest absolute Gasteiger partial charge is 0.512 e. The molecule has 0 radical (unpaired) electrons. The third kappa shape index (κ3) is 2.52. The van der Waals surface area contributed by atoms with Crippen LogP contribution < -0.4 is 0 Å². The van der Waals surface area contributed by atoms with Gasteiger partial charge >= 0.3 is 0 Å². The van der Waals surface area contributed by atoms with Crippen molar-refractivity contribution in [3.63, 3.8) is 0 Å². The number of hydrogen-bond donors (Lipinski definition) is 1. The lowest BCUT2D eigenvalue weighted by Crippen LogP contribution is -1.99. The molecule has 4 heteroatoms. The molecule has 1 heterocycles. The minimum atomic E-state index is -0.268. The van der Waals surface area contributed by atoms with Gasteiger partial charge in [-0.05, 0) is 37.5 Å². The molecule has 1 N–H and O–H groups in total. The lowest BCUT2D eigenvalue weighted by Gasteiger charge is -2.02. The molecule has 2 rings (SSSR count). The molecule has 0 spiro atoms. The summed E-state index contributed by atoms with van der Waals surface area (Å²) >= 11 is 0. The number of Topliss-reactive ketones (excluding diaryl/α,β-unsaturated/α-hetero) is 1. The Morgan fingerprint density at radius 2 is 2.00 bits per heavy atom. The van der Waals surface area contributed by atoms with E-state index < -0.39 is 0 Å². The number of hydrogen-bond acceptors (Lipinski definition) is 4. The van der Waals surface area contributed by atoms with Crippen LogP contribution in [0.15, 0.2) is 28.4 Å². The molecule has 0 aliphatic rings. The quantitative estimate of drug-likeness (QED) is 0.672. The monoisotopic (exact) mass is 259 g/mol. The van der Waals surface area contributed by atoms with Crippen molar-refractivity contribution in [2.75, 3.05) is 0 Å². The number of carbonyl (C=O) groups is 1. The van der Waals surface area contributed by atoms with Crippen LogP contribution in [0.4, 0.5) is 0 Å². The van der Waals surface area contributed by atoms with Crippen LogP contribution in [0.5, 0.6) is 0 Å². The van der Waals surface area contributed by atoms with Gasteiger partial charge in [0, 0.05) is 0 Å². The Kier molecular flexibility index (Phi) is 3.42. The summed E-state index contributed by atoms with van der Waals surface area (Å²) in [6, 6.07) is 5.76. The maximum absolute atomic E-state index is 11.5.